The van der Waals surface area contributed by atoms with E-state index in [4.69, 9.17) is 14.2 Å². The molecule has 3 rings (SSSR count). The number of anilines is 1. The van der Waals surface area contributed by atoms with Gasteiger partial charge in [-0.05, 0) is 50.3 Å². The van der Waals surface area contributed by atoms with Crippen LogP contribution in [0.1, 0.15) is 57.3 Å². The van der Waals surface area contributed by atoms with Crippen LogP contribution >= 0.6 is 11.3 Å². The smallest absolute Gasteiger partial charge is 0.341 e. The van der Waals surface area contributed by atoms with E-state index in [-0.39, 0.29) is 11.9 Å². The third-order valence-corrected chi connectivity index (χ3v) is 5.98. The van der Waals surface area contributed by atoms with E-state index in [1.54, 1.807) is 25.1 Å². The summed E-state index contributed by atoms with van der Waals surface area (Å²) in [5, 5.41) is 3.45. The number of amides is 1. The molecule has 1 N–H and O–H groups in total. The minimum absolute atomic E-state index is 0.292. The van der Waals surface area contributed by atoms with Crippen molar-refractivity contribution in [2.45, 2.75) is 39.0 Å². The molecule has 150 valence electrons. The van der Waals surface area contributed by atoms with Gasteiger partial charge in [-0.1, -0.05) is 12.5 Å². The van der Waals surface area contributed by atoms with E-state index in [1.165, 1.54) is 25.6 Å². The average molecular weight is 404 g/mol. The van der Waals surface area contributed by atoms with E-state index >= 15 is 0 Å². The summed E-state index contributed by atoms with van der Waals surface area (Å²) < 4.78 is 15.9. The Morgan fingerprint density at radius 1 is 1.11 bits per heavy atom. The molecule has 2 aromatic rings. The number of aryl methyl sites for hydroxylation is 1. The van der Waals surface area contributed by atoms with Crippen molar-refractivity contribution < 1.29 is 23.8 Å². The fraction of sp³-hybridized carbons (Fsp3) is 0.429. The molecular formula is C21H25NO5S. The second-order valence-corrected chi connectivity index (χ2v) is 7.59. The first-order chi connectivity index (χ1) is 13.6. The minimum Gasteiger partial charge on any atom is -0.493 e. The van der Waals surface area contributed by atoms with Gasteiger partial charge in [-0.3, -0.25) is 4.79 Å². The van der Waals surface area contributed by atoms with E-state index in [1.807, 2.05) is 0 Å². The van der Waals surface area contributed by atoms with Crippen molar-refractivity contribution in [2.24, 2.45) is 0 Å². The summed E-state index contributed by atoms with van der Waals surface area (Å²) in [6.45, 7) is 2.07. The van der Waals surface area contributed by atoms with Gasteiger partial charge in [0.05, 0.1) is 32.0 Å². The van der Waals surface area contributed by atoms with Gasteiger partial charge in [-0.15, -0.1) is 11.3 Å². The first kappa shape index (κ1) is 20.2. The van der Waals surface area contributed by atoms with Crippen molar-refractivity contribution in [3.63, 3.8) is 0 Å². The van der Waals surface area contributed by atoms with Gasteiger partial charge in [0.2, 0.25) is 0 Å². The highest BCUT2D eigenvalue weighted by molar-refractivity contribution is 7.17. The van der Waals surface area contributed by atoms with Gasteiger partial charge in [-0.25, -0.2) is 4.79 Å². The molecule has 1 heterocycles. The Kier molecular flexibility index (Phi) is 6.57. The van der Waals surface area contributed by atoms with Crippen molar-refractivity contribution in [1.82, 2.24) is 0 Å². The lowest BCUT2D eigenvalue weighted by atomic mass is 10.1. The molecule has 0 spiro atoms. The van der Waals surface area contributed by atoms with Gasteiger partial charge >= 0.3 is 5.97 Å². The van der Waals surface area contributed by atoms with Crippen molar-refractivity contribution in [2.75, 3.05) is 26.1 Å². The summed E-state index contributed by atoms with van der Waals surface area (Å²) in [4.78, 5) is 26.8. The maximum Gasteiger partial charge on any atom is 0.341 e. The van der Waals surface area contributed by atoms with E-state index < -0.39 is 0 Å². The average Bonchev–Trinajstić information content (AvgIpc) is 2.87. The lowest BCUT2D eigenvalue weighted by Gasteiger charge is -2.13. The van der Waals surface area contributed by atoms with Crippen LogP contribution in [0.2, 0.25) is 0 Å². The number of thiophene rings is 1. The summed E-state index contributed by atoms with van der Waals surface area (Å²) in [6.07, 6.45) is 5.02. The number of para-hydroxylation sites is 1. The minimum atomic E-state index is -0.380. The van der Waals surface area contributed by atoms with Crippen LogP contribution in [0.4, 0.5) is 5.00 Å². The second-order valence-electron chi connectivity index (χ2n) is 6.48. The van der Waals surface area contributed by atoms with Crippen molar-refractivity contribution in [3.05, 3.63) is 39.8 Å². The number of methoxy groups -OCH3 is 2. The normalized spacial score (nSPS) is 13.2. The molecule has 0 saturated heterocycles. The first-order valence-electron chi connectivity index (χ1n) is 9.44. The number of rotatable bonds is 6. The standard InChI is InChI=1S/C21H25NO5S/c1-4-27-21(24)17-13-9-6-5-7-12-16(13)28-20(17)22-19(23)14-10-8-11-15(25-2)18(14)26-3/h8,10-11H,4-7,9,12H2,1-3H3,(H,22,23). The molecule has 28 heavy (non-hydrogen) atoms. The molecule has 1 aliphatic carbocycles. The van der Waals surface area contributed by atoms with Gasteiger partial charge in [0, 0.05) is 4.88 Å². The largest absolute Gasteiger partial charge is 0.493 e. The Labute approximate surface area is 168 Å². The number of carbonyl (C=O) groups excluding carboxylic acids is 2. The van der Waals surface area contributed by atoms with Crippen LogP contribution in [0.5, 0.6) is 11.5 Å². The van der Waals surface area contributed by atoms with Crippen LogP contribution in [0.15, 0.2) is 18.2 Å². The van der Waals surface area contributed by atoms with Crippen LogP contribution in [-0.4, -0.2) is 32.7 Å². The molecule has 0 bridgehead atoms. The van der Waals surface area contributed by atoms with E-state index in [0.717, 1.165) is 42.5 Å². The number of fused-ring (bicyclic) bond motifs is 1. The number of hydrogen-bond donors (Lipinski definition) is 1. The van der Waals surface area contributed by atoms with E-state index in [0.29, 0.717) is 34.2 Å². The summed E-state index contributed by atoms with van der Waals surface area (Å²) in [5.41, 5.74) is 1.87. The maximum absolute atomic E-state index is 13.0. The molecule has 1 aromatic heterocycles. The molecule has 6 nitrogen and oxygen atoms in total. The molecule has 0 fully saturated rings. The fourth-order valence-corrected chi connectivity index (χ4v) is 4.76. The highest BCUT2D eigenvalue weighted by Gasteiger charge is 2.27. The van der Waals surface area contributed by atoms with Crippen LogP contribution in [0.25, 0.3) is 0 Å². The lowest BCUT2D eigenvalue weighted by molar-refractivity contribution is 0.0527. The van der Waals surface area contributed by atoms with Gasteiger partial charge in [0.15, 0.2) is 11.5 Å². The van der Waals surface area contributed by atoms with Crippen molar-refractivity contribution in [3.8, 4) is 11.5 Å². The molecule has 0 aliphatic heterocycles. The lowest BCUT2D eigenvalue weighted by Crippen LogP contribution is -2.16. The summed E-state index contributed by atoms with van der Waals surface area (Å²) >= 11 is 1.47. The Morgan fingerprint density at radius 3 is 2.61 bits per heavy atom. The summed E-state index contributed by atoms with van der Waals surface area (Å²) in [6, 6.07) is 5.12. The van der Waals surface area contributed by atoms with Gasteiger partial charge in [0.25, 0.3) is 5.91 Å². The zero-order valence-corrected chi connectivity index (χ0v) is 17.2. The van der Waals surface area contributed by atoms with Crippen molar-refractivity contribution in [1.29, 1.82) is 0 Å². The fourth-order valence-electron chi connectivity index (χ4n) is 3.49. The summed E-state index contributed by atoms with van der Waals surface area (Å²) in [7, 11) is 3.01. The second kappa shape index (κ2) is 9.10. The highest BCUT2D eigenvalue weighted by Crippen LogP contribution is 2.39. The molecule has 1 aliphatic rings. The predicted octanol–water partition coefficient (Wildman–Crippen LogP) is 4.46. The first-order valence-corrected chi connectivity index (χ1v) is 10.3. The number of nitrogens with one attached hydrogen (secondary N) is 1. The Morgan fingerprint density at radius 2 is 1.89 bits per heavy atom. The third-order valence-electron chi connectivity index (χ3n) is 4.78. The molecule has 1 amide bonds. The number of ether oxygens (including phenoxy) is 3. The van der Waals surface area contributed by atoms with E-state index in [2.05, 4.69) is 5.32 Å². The van der Waals surface area contributed by atoms with Gasteiger partial charge < -0.3 is 19.5 Å². The van der Waals surface area contributed by atoms with Crippen LogP contribution in [0.3, 0.4) is 0 Å². The molecule has 0 unspecified atom stereocenters. The predicted molar refractivity (Wildman–Crippen MR) is 109 cm³/mol. The number of hydrogen-bond acceptors (Lipinski definition) is 6. The van der Waals surface area contributed by atoms with Crippen LogP contribution in [-0.2, 0) is 17.6 Å². The molecule has 0 radical (unpaired) electrons. The topological polar surface area (TPSA) is 73.9 Å². The Bertz CT molecular complexity index is 874. The molecule has 0 atom stereocenters. The quantitative estimate of drug-likeness (QED) is 0.569. The molecule has 7 heteroatoms. The van der Waals surface area contributed by atoms with Gasteiger partial charge in [-0.2, -0.15) is 0 Å². The monoisotopic (exact) mass is 403 g/mol. The van der Waals surface area contributed by atoms with E-state index in [9.17, 15) is 9.59 Å². The molecular weight excluding hydrogens is 378 g/mol. The van der Waals surface area contributed by atoms with Crippen LogP contribution in [0, 0.1) is 0 Å². The van der Waals surface area contributed by atoms with Gasteiger partial charge in [0.1, 0.15) is 5.00 Å². The molecule has 0 saturated carbocycles. The number of carbonyl (C=O) groups is 2. The Hall–Kier alpha value is -2.54. The maximum atomic E-state index is 13.0. The molecule has 1 aromatic carbocycles. The number of esters is 1. The number of benzene rings is 1. The Balaban J connectivity index is 1.98. The van der Waals surface area contributed by atoms with Crippen LogP contribution < -0.4 is 14.8 Å². The van der Waals surface area contributed by atoms with Crippen molar-refractivity contribution >= 4 is 28.2 Å². The zero-order chi connectivity index (χ0) is 20.1. The SMILES string of the molecule is CCOC(=O)c1c(NC(=O)c2cccc(OC)c2OC)sc2c1CCCCC2. The summed E-state index contributed by atoms with van der Waals surface area (Å²) in [5.74, 6) is 0.105. The third kappa shape index (κ3) is 3.99. The zero-order valence-electron chi connectivity index (χ0n) is 16.4. The highest BCUT2D eigenvalue weighted by atomic mass is 32.1.